The van der Waals surface area contributed by atoms with Gasteiger partial charge in [-0.3, -0.25) is 0 Å². The predicted octanol–water partition coefficient (Wildman–Crippen LogP) is 3.38. The average Bonchev–Trinajstić information content (AvgIpc) is 2.19. The fraction of sp³-hybridized carbons (Fsp3) is 0.500. The zero-order valence-corrected chi connectivity index (χ0v) is 8.63. The van der Waals surface area contributed by atoms with Crippen LogP contribution in [0.2, 0.25) is 5.09 Å². The molecule has 0 aromatic heterocycles. The van der Waals surface area contributed by atoms with Gasteiger partial charge >= 0.3 is 90.8 Å². The molecule has 0 radical (unpaired) electrons. The van der Waals surface area contributed by atoms with E-state index < -0.39 is 0 Å². The van der Waals surface area contributed by atoms with Gasteiger partial charge < -0.3 is 0 Å². The van der Waals surface area contributed by atoms with E-state index in [9.17, 15) is 0 Å². The molecule has 0 N–H and O–H groups in total. The summed E-state index contributed by atoms with van der Waals surface area (Å²) >= 11 is 2.26. The first-order valence-corrected chi connectivity index (χ1v) is 5.47. The van der Waals surface area contributed by atoms with E-state index in [0.717, 1.165) is 0 Å². The van der Waals surface area contributed by atoms with E-state index in [1.807, 2.05) is 0 Å². The summed E-state index contributed by atoms with van der Waals surface area (Å²) in [6.07, 6.45) is 6.80. The number of benzene rings is 1. The molecular formula is C12H17Li. The molecule has 0 bridgehead atoms. The number of hydrogen-bond acceptors (Lipinski definition) is 0. The fourth-order valence-electron chi connectivity index (χ4n) is 1.58. The minimum absolute atomic E-state index is 1.25. The molecule has 1 rings (SSSR count). The second-order valence-corrected chi connectivity index (χ2v) is 3.65. The molecule has 66 valence electrons. The van der Waals surface area contributed by atoms with Crippen molar-refractivity contribution in [3.8, 4) is 0 Å². The Balaban J connectivity index is 2.07. The topological polar surface area (TPSA) is 0 Å². The van der Waals surface area contributed by atoms with Crippen LogP contribution in [-0.4, -0.2) is 17.7 Å². The van der Waals surface area contributed by atoms with Crippen molar-refractivity contribution in [2.24, 2.45) is 0 Å². The van der Waals surface area contributed by atoms with E-state index in [1.54, 1.807) is 0 Å². The number of rotatable bonds is 6. The SMILES string of the molecule is [Li][CH2]CCCCCc1ccccc1. The standard InChI is InChI=1S/C12H17.Li/c1-2-3-4-6-9-12-10-7-5-8-11-12;/h5,7-8,10-11H,1-4,6,9H2;. The Morgan fingerprint density at radius 3 is 2.23 bits per heavy atom. The minimum atomic E-state index is 1.25. The van der Waals surface area contributed by atoms with Crippen LogP contribution in [0.1, 0.15) is 31.2 Å². The Morgan fingerprint density at radius 1 is 0.846 bits per heavy atom. The number of hydrogen-bond donors (Lipinski definition) is 0. The predicted molar refractivity (Wildman–Crippen MR) is 59.2 cm³/mol. The molecule has 1 aromatic rings. The van der Waals surface area contributed by atoms with E-state index in [4.69, 9.17) is 0 Å². The van der Waals surface area contributed by atoms with Crippen LogP contribution in [0.3, 0.4) is 0 Å². The van der Waals surface area contributed by atoms with Crippen LogP contribution in [0.25, 0.3) is 0 Å². The van der Waals surface area contributed by atoms with Gasteiger partial charge in [-0.1, -0.05) is 0 Å². The third kappa shape index (κ3) is 5.19. The molecule has 0 aliphatic rings. The molecule has 0 aliphatic carbocycles. The molecular weight excluding hydrogens is 151 g/mol. The van der Waals surface area contributed by atoms with E-state index in [0.29, 0.717) is 0 Å². The van der Waals surface area contributed by atoms with Crippen LogP contribution in [0.5, 0.6) is 0 Å². The van der Waals surface area contributed by atoms with Gasteiger partial charge in [-0.15, -0.1) is 0 Å². The third-order valence-corrected chi connectivity index (χ3v) is 2.41. The molecule has 13 heavy (non-hydrogen) atoms. The van der Waals surface area contributed by atoms with Crippen LogP contribution in [0.4, 0.5) is 0 Å². The molecule has 1 heteroatoms. The zero-order chi connectivity index (χ0) is 9.36. The first-order chi connectivity index (χ1) is 6.43. The van der Waals surface area contributed by atoms with Crippen molar-refractivity contribution in [3.63, 3.8) is 0 Å². The van der Waals surface area contributed by atoms with Gasteiger partial charge in [-0.2, -0.15) is 0 Å². The van der Waals surface area contributed by atoms with Gasteiger partial charge in [0, 0.05) is 0 Å². The Hall–Kier alpha value is -0.183. The molecule has 0 fully saturated rings. The number of unbranched alkanes of at least 4 members (excludes halogenated alkanes) is 3. The maximum atomic E-state index is 2.26. The quantitative estimate of drug-likeness (QED) is 0.451. The van der Waals surface area contributed by atoms with Crippen LogP contribution in [0.15, 0.2) is 30.3 Å². The van der Waals surface area contributed by atoms with Crippen LogP contribution < -0.4 is 0 Å². The van der Waals surface area contributed by atoms with Gasteiger partial charge in [0.25, 0.3) is 0 Å². The Bertz CT molecular complexity index is 206. The monoisotopic (exact) mass is 168 g/mol. The second kappa shape index (κ2) is 7.24. The first kappa shape index (κ1) is 10.9. The van der Waals surface area contributed by atoms with Crippen LogP contribution in [-0.2, 0) is 6.42 Å². The Kier molecular flexibility index (Phi) is 6.07. The molecule has 0 saturated heterocycles. The number of aryl methyl sites for hydroxylation is 1. The summed E-state index contributed by atoms with van der Waals surface area (Å²) in [4.78, 5) is 0. The van der Waals surface area contributed by atoms with Crippen molar-refractivity contribution in [2.75, 3.05) is 0 Å². The van der Waals surface area contributed by atoms with Crippen molar-refractivity contribution in [1.82, 2.24) is 0 Å². The maximum absolute atomic E-state index is 2.26. The Labute approximate surface area is 90.9 Å². The summed E-state index contributed by atoms with van der Waals surface area (Å²) in [6.45, 7) is 0. The third-order valence-electron chi connectivity index (χ3n) is 2.41. The zero-order valence-electron chi connectivity index (χ0n) is 8.63. The average molecular weight is 168 g/mol. The van der Waals surface area contributed by atoms with E-state index in [2.05, 4.69) is 48.0 Å². The summed E-state index contributed by atoms with van der Waals surface area (Å²) in [5.74, 6) is 0. The molecule has 0 aliphatic heterocycles. The molecule has 0 nitrogen and oxygen atoms in total. The van der Waals surface area contributed by atoms with Crippen molar-refractivity contribution < 1.29 is 0 Å². The van der Waals surface area contributed by atoms with Crippen LogP contribution >= 0.6 is 0 Å². The van der Waals surface area contributed by atoms with Gasteiger partial charge in [0.15, 0.2) is 0 Å². The van der Waals surface area contributed by atoms with E-state index >= 15 is 0 Å². The second-order valence-electron chi connectivity index (χ2n) is 3.65. The molecule has 0 saturated carbocycles. The summed E-state index contributed by atoms with van der Waals surface area (Å²) in [5.41, 5.74) is 1.49. The summed E-state index contributed by atoms with van der Waals surface area (Å²) in [6, 6.07) is 10.8. The summed E-state index contributed by atoms with van der Waals surface area (Å²) < 4.78 is 0. The van der Waals surface area contributed by atoms with Gasteiger partial charge in [-0.05, 0) is 0 Å². The van der Waals surface area contributed by atoms with E-state index in [-0.39, 0.29) is 0 Å². The van der Waals surface area contributed by atoms with Gasteiger partial charge in [0.2, 0.25) is 0 Å². The van der Waals surface area contributed by atoms with Gasteiger partial charge in [0.1, 0.15) is 0 Å². The molecule has 0 amide bonds. The van der Waals surface area contributed by atoms with Crippen LogP contribution in [0, 0.1) is 0 Å². The fourth-order valence-corrected chi connectivity index (χ4v) is 1.58. The molecule has 1 aromatic carbocycles. The van der Waals surface area contributed by atoms with Crippen molar-refractivity contribution in [1.29, 1.82) is 0 Å². The normalized spacial score (nSPS) is 10.3. The summed E-state index contributed by atoms with van der Waals surface area (Å²) in [5, 5.41) is 1.34. The molecule has 0 spiro atoms. The summed E-state index contributed by atoms with van der Waals surface area (Å²) in [7, 11) is 0. The molecule has 0 unspecified atom stereocenters. The van der Waals surface area contributed by atoms with Gasteiger partial charge in [0.05, 0.1) is 0 Å². The Morgan fingerprint density at radius 2 is 1.54 bits per heavy atom. The molecule has 0 heterocycles. The van der Waals surface area contributed by atoms with Crippen molar-refractivity contribution in [2.45, 2.75) is 37.2 Å². The first-order valence-electron chi connectivity index (χ1n) is 5.47. The van der Waals surface area contributed by atoms with E-state index in [1.165, 1.54) is 42.8 Å². The van der Waals surface area contributed by atoms with Crippen molar-refractivity contribution >= 4 is 17.7 Å². The van der Waals surface area contributed by atoms with Crippen molar-refractivity contribution in [3.05, 3.63) is 35.9 Å². The van der Waals surface area contributed by atoms with Gasteiger partial charge in [-0.25, -0.2) is 0 Å². The molecule has 0 atom stereocenters.